The minimum atomic E-state index is -0.660. The van der Waals surface area contributed by atoms with Crippen LogP contribution in [-0.4, -0.2) is 32.6 Å². The average molecular weight is 349 g/mol. The second kappa shape index (κ2) is 7.39. The summed E-state index contributed by atoms with van der Waals surface area (Å²) in [5.41, 5.74) is -0.000386. The number of halogens is 1. The topological polar surface area (TPSA) is 113 Å². The number of aliphatic hydroxyl groups is 1. The highest BCUT2D eigenvalue weighted by Gasteiger charge is 2.25. The van der Waals surface area contributed by atoms with Crippen molar-refractivity contribution in [1.82, 2.24) is 9.97 Å². The van der Waals surface area contributed by atoms with Crippen LogP contribution < -0.4 is 10.6 Å². The third kappa shape index (κ3) is 4.83. The lowest BCUT2D eigenvalue weighted by atomic mass is 9.87. The molecule has 25 heavy (non-hydrogen) atoms. The largest absolute Gasteiger partial charge is 0.394 e. The molecule has 0 fully saturated rings. The van der Waals surface area contributed by atoms with Crippen molar-refractivity contribution in [1.29, 1.82) is 0 Å². The number of non-ortho nitro benzene ring substituents is 1. The van der Waals surface area contributed by atoms with Gasteiger partial charge in [0.15, 0.2) is 11.6 Å². The maximum atomic E-state index is 14.0. The zero-order valence-corrected chi connectivity index (χ0v) is 14.2. The third-order valence-corrected chi connectivity index (χ3v) is 3.60. The van der Waals surface area contributed by atoms with Crippen LogP contribution in [0.1, 0.15) is 20.8 Å². The Hall–Kier alpha value is -2.81. The number of nitro benzene ring substituents is 1. The summed E-state index contributed by atoms with van der Waals surface area (Å²) >= 11 is 0. The first-order valence-electron chi connectivity index (χ1n) is 7.62. The van der Waals surface area contributed by atoms with Crippen LogP contribution in [0.4, 0.5) is 27.5 Å². The van der Waals surface area contributed by atoms with Gasteiger partial charge in [0.05, 0.1) is 23.8 Å². The van der Waals surface area contributed by atoms with Crippen molar-refractivity contribution in [3.8, 4) is 0 Å². The summed E-state index contributed by atoms with van der Waals surface area (Å²) in [5, 5.41) is 26.0. The molecule has 0 radical (unpaired) electrons. The Kier molecular flexibility index (Phi) is 5.48. The van der Waals surface area contributed by atoms with Gasteiger partial charge in [0, 0.05) is 17.8 Å². The fourth-order valence-corrected chi connectivity index (χ4v) is 2.06. The van der Waals surface area contributed by atoms with E-state index in [0.29, 0.717) is 5.69 Å². The van der Waals surface area contributed by atoms with Crippen molar-refractivity contribution in [2.45, 2.75) is 26.8 Å². The zero-order valence-electron chi connectivity index (χ0n) is 14.2. The van der Waals surface area contributed by atoms with E-state index in [2.05, 4.69) is 20.6 Å². The number of nitro groups is 1. The van der Waals surface area contributed by atoms with Crippen molar-refractivity contribution in [3.63, 3.8) is 0 Å². The number of aromatic nitrogens is 2. The molecule has 3 N–H and O–H groups in total. The number of nitrogens with one attached hydrogen (secondary N) is 2. The maximum absolute atomic E-state index is 14.0. The molecule has 0 aliphatic carbocycles. The third-order valence-electron chi connectivity index (χ3n) is 3.60. The molecular formula is C16H20FN5O3. The second-order valence-electron chi connectivity index (χ2n) is 6.57. The van der Waals surface area contributed by atoms with E-state index in [1.807, 2.05) is 20.8 Å². The van der Waals surface area contributed by atoms with Crippen LogP contribution >= 0.6 is 0 Å². The highest BCUT2D eigenvalue weighted by molar-refractivity contribution is 5.58. The molecule has 0 amide bonds. The molecule has 134 valence electrons. The number of hydrogen-bond acceptors (Lipinski definition) is 7. The Morgan fingerprint density at radius 2 is 2.12 bits per heavy atom. The highest BCUT2D eigenvalue weighted by Crippen LogP contribution is 2.25. The molecule has 8 nitrogen and oxygen atoms in total. The van der Waals surface area contributed by atoms with Gasteiger partial charge in [-0.3, -0.25) is 10.1 Å². The number of anilines is 3. The van der Waals surface area contributed by atoms with Crippen LogP contribution in [0.3, 0.4) is 0 Å². The lowest BCUT2D eigenvalue weighted by Gasteiger charge is -2.30. The lowest BCUT2D eigenvalue weighted by Crippen LogP contribution is -2.37. The molecule has 0 aliphatic heterocycles. The van der Waals surface area contributed by atoms with Crippen molar-refractivity contribution in [2.24, 2.45) is 5.41 Å². The lowest BCUT2D eigenvalue weighted by molar-refractivity contribution is -0.384. The van der Waals surface area contributed by atoms with Crippen LogP contribution in [0, 0.1) is 21.3 Å². The Morgan fingerprint density at radius 3 is 2.72 bits per heavy atom. The van der Waals surface area contributed by atoms with E-state index in [4.69, 9.17) is 0 Å². The fourth-order valence-electron chi connectivity index (χ4n) is 2.06. The molecule has 1 atom stereocenters. The quantitative estimate of drug-likeness (QED) is 0.542. The van der Waals surface area contributed by atoms with Crippen LogP contribution in [0.5, 0.6) is 0 Å². The van der Waals surface area contributed by atoms with Crippen LogP contribution in [0.2, 0.25) is 0 Å². The molecule has 0 saturated carbocycles. The average Bonchev–Trinajstić information content (AvgIpc) is 2.54. The first kappa shape index (κ1) is 18.5. The predicted octanol–water partition coefficient (Wildman–Crippen LogP) is 3.09. The second-order valence-corrected chi connectivity index (χ2v) is 6.57. The van der Waals surface area contributed by atoms with E-state index in [9.17, 15) is 19.6 Å². The monoisotopic (exact) mass is 349 g/mol. The van der Waals surface area contributed by atoms with Gasteiger partial charge in [0.2, 0.25) is 5.95 Å². The summed E-state index contributed by atoms with van der Waals surface area (Å²) in [5.74, 6) is -0.640. The van der Waals surface area contributed by atoms with Crippen molar-refractivity contribution < 1.29 is 14.4 Å². The van der Waals surface area contributed by atoms with Gasteiger partial charge in [-0.1, -0.05) is 26.8 Å². The molecule has 1 aromatic carbocycles. The van der Waals surface area contributed by atoms with E-state index in [-0.39, 0.29) is 29.5 Å². The molecule has 2 aromatic rings. The number of nitrogens with zero attached hydrogens (tertiary/aromatic N) is 3. The van der Waals surface area contributed by atoms with E-state index in [0.717, 1.165) is 6.20 Å². The van der Waals surface area contributed by atoms with E-state index in [1.54, 1.807) is 6.07 Å². The summed E-state index contributed by atoms with van der Waals surface area (Å²) in [6.07, 6.45) is 0.992. The summed E-state index contributed by atoms with van der Waals surface area (Å²) in [6, 6.07) is 5.40. The normalized spacial score (nSPS) is 12.5. The number of rotatable bonds is 6. The number of aliphatic hydroxyl groups excluding tert-OH is 1. The highest BCUT2D eigenvalue weighted by atomic mass is 19.1. The Bertz CT molecular complexity index is 764. The maximum Gasteiger partial charge on any atom is 0.271 e. The molecule has 0 saturated heterocycles. The van der Waals surface area contributed by atoms with Gasteiger partial charge < -0.3 is 15.7 Å². The standard InChI is InChI=1S/C16H20FN5O3/c1-16(2,3)13(9-23)20-14-12(17)8-18-15(21-14)19-10-5-4-6-11(7-10)22(24)25/h4-8,13,23H,9H2,1-3H3,(H2,18,19,20,21)/t13-/m1/s1. The molecule has 1 aromatic heterocycles. The predicted molar refractivity (Wildman–Crippen MR) is 92.3 cm³/mol. The Morgan fingerprint density at radius 1 is 1.40 bits per heavy atom. The van der Waals surface area contributed by atoms with Gasteiger partial charge in [-0.2, -0.15) is 4.98 Å². The zero-order chi connectivity index (χ0) is 18.6. The minimum absolute atomic E-state index is 0.0584. The molecule has 9 heteroatoms. The van der Waals surface area contributed by atoms with Crippen molar-refractivity contribution in [2.75, 3.05) is 17.2 Å². The van der Waals surface area contributed by atoms with Crippen LogP contribution in [0.15, 0.2) is 30.5 Å². The van der Waals surface area contributed by atoms with Crippen molar-refractivity contribution in [3.05, 3.63) is 46.4 Å². The van der Waals surface area contributed by atoms with Gasteiger partial charge in [0.25, 0.3) is 5.69 Å². The summed E-state index contributed by atoms with van der Waals surface area (Å²) in [6.45, 7) is 5.52. The van der Waals surface area contributed by atoms with E-state index in [1.165, 1.54) is 18.2 Å². The molecule has 0 spiro atoms. The summed E-state index contributed by atoms with van der Waals surface area (Å²) in [7, 11) is 0. The Labute approximate surface area is 144 Å². The molecule has 0 aliphatic rings. The van der Waals surface area contributed by atoms with E-state index < -0.39 is 16.8 Å². The summed E-state index contributed by atoms with van der Waals surface area (Å²) in [4.78, 5) is 18.2. The van der Waals surface area contributed by atoms with Crippen LogP contribution in [-0.2, 0) is 0 Å². The molecule has 0 unspecified atom stereocenters. The van der Waals surface area contributed by atoms with Gasteiger partial charge in [0.1, 0.15) is 0 Å². The van der Waals surface area contributed by atoms with Gasteiger partial charge >= 0.3 is 0 Å². The van der Waals surface area contributed by atoms with E-state index >= 15 is 0 Å². The number of benzene rings is 1. The smallest absolute Gasteiger partial charge is 0.271 e. The molecular weight excluding hydrogens is 329 g/mol. The number of hydrogen-bond donors (Lipinski definition) is 3. The minimum Gasteiger partial charge on any atom is -0.394 e. The molecule has 1 heterocycles. The first-order valence-corrected chi connectivity index (χ1v) is 7.62. The van der Waals surface area contributed by atoms with Crippen molar-refractivity contribution >= 4 is 23.1 Å². The fraction of sp³-hybridized carbons (Fsp3) is 0.375. The SMILES string of the molecule is CC(C)(C)[C@@H](CO)Nc1nc(Nc2cccc([N+](=O)[O-])c2)ncc1F. The molecule has 0 bridgehead atoms. The molecule has 2 rings (SSSR count). The van der Waals surface area contributed by atoms with Gasteiger partial charge in [-0.05, 0) is 11.5 Å². The Balaban J connectivity index is 2.24. The van der Waals surface area contributed by atoms with Gasteiger partial charge in [-0.25, -0.2) is 9.37 Å². The first-order chi connectivity index (χ1) is 11.7. The van der Waals surface area contributed by atoms with Gasteiger partial charge in [-0.15, -0.1) is 0 Å². The summed E-state index contributed by atoms with van der Waals surface area (Å²) < 4.78 is 14.0. The van der Waals surface area contributed by atoms with Crippen LogP contribution in [0.25, 0.3) is 0 Å².